The van der Waals surface area contributed by atoms with E-state index >= 15 is 0 Å². The molecule has 1 atom stereocenters. The zero-order chi connectivity index (χ0) is 12.4. The van der Waals surface area contributed by atoms with Crippen LogP contribution in [0.4, 0.5) is 0 Å². The van der Waals surface area contributed by atoms with Crippen molar-refractivity contribution in [1.29, 1.82) is 0 Å². The van der Waals surface area contributed by atoms with E-state index in [0.29, 0.717) is 6.61 Å². The third-order valence-electron chi connectivity index (χ3n) is 1.96. The molecule has 0 aliphatic carbocycles. The van der Waals surface area contributed by atoms with Gasteiger partial charge in [0.05, 0.1) is 12.7 Å². The lowest BCUT2D eigenvalue weighted by Gasteiger charge is -2.17. The summed E-state index contributed by atoms with van der Waals surface area (Å²) < 4.78 is 38.5. The summed E-state index contributed by atoms with van der Waals surface area (Å²) in [6, 6.07) is -0.130. The van der Waals surface area contributed by atoms with Crippen LogP contribution in [0.5, 0.6) is 0 Å². The Labute approximate surface area is 96.9 Å². The molecule has 1 fully saturated rings. The maximum absolute atomic E-state index is 11.4. The molecule has 0 aromatic rings. The first-order valence-electron chi connectivity index (χ1n) is 5.29. The fraction of sp³-hybridized carbons (Fsp3) is 1.00. The van der Waals surface area contributed by atoms with Gasteiger partial charge in [0.2, 0.25) is 0 Å². The molecule has 1 rings (SSSR count). The van der Waals surface area contributed by atoms with Crippen LogP contribution in [0, 0.1) is 0 Å². The van der Waals surface area contributed by atoms with Gasteiger partial charge in [-0.25, -0.2) is 0 Å². The molecular formula is C9H20N2O4S. The summed E-state index contributed by atoms with van der Waals surface area (Å²) in [6.07, 6.45) is -0.237. The topological polar surface area (TPSA) is 76.7 Å². The van der Waals surface area contributed by atoms with Crippen molar-refractivity contribution >= 4 is 10.2 Å². The number of ether oxygens (including phenoxy) is 2. The SMILES string of the molecule is CC(C)NS(=O)(=O)NCC1COC(C)(C)O1. The first kappa shape index (κ1) is 13.9. The van der Waals surface area contributed by atoms with Crippen molar-refractivity contribution in [2.45, 2.75) is 45.6 Å². The molecule has 96 valence electrons. The van der Waals surface area contributed by atoms with Crippen LogP contribution in [-0.2, 0) is 19.7 Å². The summed E-state index contributed by atoms with van der Waals surface area (Å²) in [4.78, 5) is 0. The van der Waals surface area contributed by atoms with E-state index in [2.05, 4.69) is 9.44 Å². The highest BCUT2D eigenvalue weighted by atomic mass is 32.2. The van der Waals surface area contributed by atoms with E-state index in [1.165, 1.54) is 0 Å². The van der Waals surface area contributed by atoms with Crippen LogP contribution in [0.25, 0.3) is 0 Å². The molecule has 0 aromatic heterocycles. The van der Waals surface area contributed by atoms with E-state index in [9.17, 15) is 8.42 Å². The number of nitrogens with one attached hydrogen (secondary N) is 2. The van der Waals surface area contributed by atoms with E-state index in [4.69, 9.17) is 9.47 Å². The molecule has 0 radical (unpaired) electrons. The van der Waals surface area contributed by atoms with Crippen molar-refractivity contribution in [3.8, 4) is 0 Å². The Hall–Kier alpha value is -0.210. The first-order chi connectivity index (χ1) is 7.20. The molecule has 0 amide bonds. The predicted octanol–water partition coefficient (Wildman–Crippen LogP) is -0.0297. The molecule has 0 bridgehead atoms. The van der Waals surface area contributed by atoms with Gasteiger partial charge in [-0.3, -0.25) is 0 Å². The highest BCUT2D eigenvalue weighted by Gasteiger charge is 2.33. The highest BCUT2D eigenvalue weighted by Crippen LogP contribution is 2.21. The van der Waals surface area contributed by atoms with Crippen LogP contribution in [0.1, 0.15) is 27.7 Å². The molecule has 1 aliphatic rings. The Kier molecular flexibility index (Phi) is 4.30. The second-order valence-electron chi connectivity index (χ2n) is 4.58. The minimum absolute atomic E-state index is 0.130. The number of hydrogen-bond donors (Lipinski definition) is 2. The molecule has 1 unspecified atom stereocenters. The Morgan fingerprint density at radius 1 is 1.44 bits per heavy atom. The van der Waals surface area contributed by atoms with Gasteiger partial charge in [0.15, 0.2) is 5.79 Å². The number of hydrogen-bond acceptors (Lipinski definition) is 4. The standard InChI is InChI=1S/C9H20N2O4S/c1-7(2)11-16(12,13)10-5-8-6-14-9(3,4)15-8/h7-8,10-11H,5-6H2,1-4H3. The third-order valence-corrected chi connectivity index (χ3v) is 3.29. The quantitative estimate of drug-likeness (QED) is 0.720. The molecule has 1 aliphatic heterocycles. The summed E-state index contributed by atoms with van der Waals surface area (Å²) in [5, 5.41) is 0. The highest BCUT2D eigenvalue weighted by molar-refractivity contribution is 7.87. The lowest BCUT2D eigenvalue weighted by Crippen LogP contribution is -2.43. The zero-order valence-corrected chi connectivity index (χ0v) is 10.9. The predicted molar refractivity (Wildman–Crippen MR) is 60.1 cm³/mol. The average molecular weight is 252 g/mol. The molecule has 7 heteroatoms. The second kappa shape index (κ2) is 4.97. The van der Waals surface area contributed by atoms with E-state index in [-0.39, 0.29) is 18.7 Å². The number of rotatable bonds is 5. The molecule has 2 N–H and O–H groups in total. The lowest BCUT2D eigenvalue weighted by molar-refractivity contribution is -0.137. The fourth-order valence-electron chi connectivity index (χ4n) is 1.42. The minimum Gasteiger partial charge on any atom is -0.348 e. The van der Waals surface area contributed by atoms with Crippen LogP contribution in [-0.4, -0.2) is 39.5 Å². The normalized spacial score (nSPS) is 25.2. The summed E-state index contributed by atoms with van der Waals surface area (Å²) >= 11 is 0. The van der Waals surface area contributed by atoms with E-state index < -0.39 is 16.0 Å². The van der Waals surface area contributed by atoms with Gasteiger partial charge in [-0.2, -0.15) is 17.9 Å². The van der Waals surface area contributed by atoms with Gasteiger partial charge in [0.25, 0.3) is 10.2 Å². The van der Waals surface area contributed by atoms with Gasteiger partial charge >= 0.3 is 0 Å². The van der Waals surface area contributed by atoms with E-state index in [1.54, 1.807) is 27.7 Å². The first-order valence-corrected chi connectivity index (χ1v) is 6.77. The molecule has 1 heterocycles. The zero-order valence-electron chi connectivity index (χ0n) is 10.1. The van der Waals surface area contributed by atoms with Crippen molar-refractivity contribution in [1.82, 2.24) is 9.44 Å². The molecule has 6 nitrogen and oxygen atoms in total. The van der Waals surface area contributed by atoms with Crippen LogP contribution in [0.2, 0.25) is 0 Å². The summed E-state index contributed by atoms with van der Waals surface area (Å²) in [5.41, 5.74) is 0. The lowest BCUT2D eigenvalue weighted by atomic mass is 10.4. The van der Waals surface area contributed by atoms with Crippen molar-refractivity contribution in [2.75, 3.05) is 13.2 Å². The molecule has 1 saturated heterocycles. The smallest absolute Gasteiger partial charge is 0.277 e. The van der Waals surface area contributed by atoms with Crippen LogP contribution < -0.4 is 9.44 Å². The Bertz CT molecular complexity index is 326. The molecule has 0 saturated carbocycles. The van der Waals surface area contributed by atoms with Crippen molar-refractivity contribution in [2.24, 2.45) is 0 Å². The average Bonchev–Trinajstić information content (AvgIpc) is 2.40. The third kappa shape index (κ3) is 4.75. The Balaban J connectivity index is 2.36. The molecular weight excluding hydrogens is 232 g/mol. The van der Waals surface area contributed by atoms with Crippen molar-refractivity contribution in [3.63, 3.8) is 0 Å². The van der Waals surface area contributed by atoms with Gasteiger partial charge in [0.1, 0.15) is 0 Å². The van der Waals surface area contributed by atoms with Gasteiger partial charge in [0, 0.05) is 12.6 Å². The van der Waals surface area contributed by atoms with Crippen LogP contribution in [0.3, 0.4) is 0 Å². The van der Waals surface area contributed by atoms with Gasteiger partial charge in [-0.15, -0.1) is 0 Å². The summed E-state index contributed by atoms with van der Waals surface area (Å²) in [5.74, 6) is -0.623. The van der Waals surface area contributed by atoms with Crippen molar-refractivity contribution in [3.05, 3.63) is 0 Å². The monoisotopic (exact) mass is 252 g/mol. The van der Waals surface area contributed by atoms with Crippen LogP contribution >= 0.6 is 0 Å². The largest absolute Gasteiger partial charge is 0.348 e. The van der Waals surface area contributed by atoms with Crippen LogP contribution in [0.15, 0.2) is 0 Å². The second-order valence-corrected chi connectivity index (χ2v) is 6.11. The summed E-state index contributed by atoms with van der Waals surface area (Å²) in [7, 11) is -3.44. The molecule has 16 heavy (non-hydrogen) atoms. The maximum Gasteiger partial charge on any atom is 0.277 e. The Morgan fingerprint density at radius 3 is 2.50 bits per heavy atom. The minimum atomic E-state index is -3.44. The van der Waals surface area contributed by atoms with Crippen molar-refractivity contribution < 1.29 is 17.9 Å². The summed E-state index contributed by atoms with van der Waals surface area (Å²) in [6.45, 7) is 7.74. The molecule has 0 spiro atoms. The Morgan fingerprint density at radius 2 is 2.06 bits per heavy atom. The van der Waals surface area contributed by atoms with Gasteiger partial charge in [-0.1, -0.05) is 0 Å². The van der Waals surface area contributed by atoms with E-state index in [0.717, 1.165) is 0 Å². The fourth-order valence-corrected chi connectivity index (χ4v) is 2.53. The van der Waals surface area contributed by atoms with E-state index in [1.807, 2.05) is 0 Å². The van der Waals surface area contributed by atoms with Gasteiger partial charge < -0.3 is 9.47 Å². The maximum atomic E-state index is 11.4. The van der Waals surface area contributed by atoms with Gasteiger partial charge in [-0.05, 0) is 27.7 Å². The molecule has 0 aromatic carbocycles.